The third-order valence-electron chi connectivity index (χ3n) is 2.34. The summed E-state index contributed by atoms with van der Waals surface area (Å²) in [5.74, 6) is -0.288. The molecule has 0 atom stereocenters. The van der Waals surface area contributed by atoms with Crippen LogP contribution in [-0.2, 0) is 0 Å². The fourth-order valence-corrected chi connectivity index (χ4v) is 1.76. The van der Waals surface area contributed by atoms with Crippen molar-refractivity contribution in [1.82, 2.24) is 9.88 Å². The molecule has 1 amide bonds. The smallest absolute Gasteiger partial charge is 0.257 e. The quantitative estimate of drug-likeness (QED) is 0.815. The first-order valence-corrected chi connectivity index (χ1v) is 6.05. The molecule has 1 aromatic rings. The highest BCUT2D eigenvalue weighted by Crippen LogP contribution is 2.18. The summed E-state index contributed by atoms with van der Waals surface area (Å²) in [5.41, 5.74) is 5.26. The maximum absolute atomic E-state index is 12.3. The Hall–Kier alpha value is -1.33. The van der Waals surface area contributed by atoms with Crippen LogP contribution >= 0.6 is 11.6 Å². The van der Waals surface area contributed by atoms with Gasteiger partial charge in [-0.1, -0.05) is 11.6 Å². The molecule has 0 saturated heterocycles. The number of hydrogen-bond acceptors (Lipinski definition) is 4. The molecule has 5 nitrogen and oxygen atoms in total. The van der Waals surface area contributed by atoms with Gasteiger partial charge in [0.05, 0.1) is 23.0 Å². The van der Waals surface area contributed by atoms with E-state index in [0.717, 1.165) is 0 Å². The number of aliphatic hydroxyl groups is 1. The number of nitrogens with two attached hydrogens (primary N) is 1. The van der Waals surface area contributed by atoms with Gasteiger partial charge in [-0.05, 0) is 26.8 Å². The second kappa shape index (κ2) is 5.54. The third-order valence-corrected chi connectivity index (χ3v) is 2.64. The molecule has 1 rings (SSSR count). The summed E-state index contributed by atoms with van der Waals surface area (Å²) in [4.78, 5) is 17.6. The highest BCUT2D eigenvalue weighted by Gasteiger charge is 2.24. The van der Waals surface area contributed by atoms with E-state index >= 15 is 0 Å². The van der Waals surface area contributed by atoms with E-state index in [4.69, 9.17) is 17.3 Å². The van der Waals surface area contributed by atoms with Crippen molar-refractivity contribution in [2.24, 2.45) is 0 Å². The number of nitrogens with zero attached hydrogens (tertiary/aromatic N) is 2. The SMILES string of the molecule is CCN(CC(C)(C)O)C(=O)c1cc(N)cnc1Cl. The lowest BCUT2D eigenvalue weighted by atomic mass is 10.1. The van der Waals surface area contributed by atoms with E-state index < -0.39 is 5.60 Å². The number of nitrogen functional groups attached to an aromatic ring is 1. The predicted molar refractivity (Wildman–Crippen MR) is 71.5 cm³/mol. The molecule has 100 valence electrons. The Bertz CT molecular complexity index is 443. The Morgan fingerprint density at radius 3 is 2.72 bits per heavy atom. The lowest BCUT2D eigenvalue weighted by Gasteiger charge is -2.28. The van der Waals surface area contributed by atoms with Crippen molar-refractivity contribution in [2.45, 2.75) is 26.4 Å². The molecule has 0 aromatic carbocycles. The van der Waals surface area contributed by atoms with Gasteiger partial charge in [-0.2, -0.15) is 0 Å². The summed E-state index contributed by atoms with van der Waals surface area (Å²) in [7, 11) is 0. The minimum atomic E-state index is -0.966. The lowest BCUT2D eigenvalue weighted by Crippen LogP contribution is -2.42. The number of halogens is 1. The van der Waals surface area contributed by atoms with Gasteiger partial charge < -0.3 is 15.7 Å². The summed E-state index contributed by atoms with van der Waals surface area (Å²) < 4.78 is 0. The molecule has 1 aromatic heterocycles. The number of carbonyl (C=O) groups is 1. The average molecular weight is 272 g/mol. The van der Waals surface area contributed by atoms with Gasteiger partial charge in [0.15, 0.2) is 0 Å². The fraction of sp³-hybridized carbons (Fsp3) is 0.500. The van der Waals surface area contributed by atoms with Crippen LogP contribution in [0, 0.1) is 0 Å². The maximum Gasteiger partial charge on any atom is 0.257 e. The molecule has 1 heterocycles. The molecule has 0 radical (unpaired) electrons. The lowest BCUT2D eigenvalue weighted by molar-refractivity contribution is 0.0314. The van der Waals surface area contributed by atoms with Crippen LogP contribution in [0.1, 0.15) is 31.1 Å². The van der Waals surface area contributed by atoms with Crippen LogP contribution in [0.5, 0.6) is 0 Å². The average Bonchev–Trinajstić information content (AvgIpc) is 2.27. The Labute approximate surface area is 112 Å². The van der Waals surface area contributed by atoms with Gasteiger partial charge in [0.25, 0.3) is 5.91 Å². The summed E-state index contributed by atoms with van der Waals surface area (Å²) in [6.07, 6.45) is 1.39. The number of hydrogen-bond donors (Lipinski definition) is 2. The van der Waals surface area contributed by atoms with E-state index in [1.807, 2.05) is 6.92 Å². The number of likely N-dealkylation sites (N-methyl/N-ethyl adjacent to an activating group) is 1. The van der Waals surface area contributed by atoms with Gasteiger partial charge in [0, 0.05) is 13.1 Å². The monoisotopic (exact) mass is 271 g/mol. The van der Waals surface area contributed by atoms with Gasteiger partial charge in [0.1, 0.15) is 5.15 Å². The second-order valence-electron chi connectivity index (χ2n) is 4.74. The molecule has 0 saturated carbocycles. The summed E-state index contributed by atoms with van der Waals surface area (Å²) in [5, 5.41) is 9.89. The normalized spacial score (nSPS) is 11.4. The molecule has 0 unspecified atom stereocenters. The third kappa shape index (κ3) is 3.85. The fourth-order valence-electron chi connectivity index (χ4n) is 1.58. The van der Waals surface area contributed by atoms with Crippen LogP contribution in [0.2, 0.25) is 5.15 Å². The molecule has 0 spiro atoms. The maximum atomic E-state index is 12.3. The number of rotatable bonds is 4. The second-order valence-corrected chi connectivity index (χ2v) is 5.10. The highest BCUT2D eigenvalue weighted by molar-refractivity contribution is 6.32. The number of amides is 1. The van der Waals surface area contributed by atoms with Crippen LogP contribution in [0.25, 0.3) is 0 Å². The van der Waals surface area contributed by atoms with Gasteiger partial charge in [-0.15, -0.1) is 0 Å². The zero-order valence-corrected chi connectivity index (χ0v) is 11.5. The largest absolute Gasteiger partial charge is 0.397 e. The number of anilines is 1. The first kappa shape index (κ1) is 14.7. The Balaban J connectivity index is 3.00. The van der Waals surface area contributed by atoms with Crippen molar-refractivity contribution in [3.8, 4) is 0 Å². The number of aromatic nitrogens is 1. The van der Waals surface area contributed by atoms with Crippen LogP contribution in [0.3, 0.4) is 0 Å². The summed E-state index contributed by atoms with van der Waals surface area (Å²) >= 11 is 5.89. The summed E-state index contributed by atoms with van der Waals surface area (Å²) in [6.45, 7) is 5.79. The van der Waals surface area contributed by atoms with Crippen molar-refractivity contribution in [2.75, 3.05) is 18.8 Å². The Morgan fingerprint density at radius 2 is 2.22 bits per heavy atom. The van der Waals surface area contributed by atoms with Gasteiger partial charge in [-0.3, -0.25) is 4.79 Å². The van der Waals surface area contributed by atoms with Crippen LogP contribution in [-0.4, -0.2) is 39.6 Å². The first-order valence-electron chi connectivity index (χ1n) is 5.67. The minimum absolute atomic E-state index is 0.114. The van der Waals surface area contributed by atoms with Crippen molar-refractivity contribution in [3.05, 3.63) is 23.0 Å². The van der Waals surface area contributed by atoms with Crippen LogP contribution < -0.4 is 5.73 Å². The van der Waals surface area contributed by atoms with E-state index in [2.05, 4.69) is 4.98 Å². The van der Waals surface area contributed by atoms with E-state index in [1.54, 1.807) is 13.8 Å². The molecule has 0 aliphatic heterocycles. The minimum Gasteiger partial charge on any atom is -0.397 e. The molecular formula is C12H18ClN3O2. The van der Waals surface area contributed by atoms with Gasteiger partial charge >= 0.3 is 0 Å². The number of carbonyl (C=O) groups excluding carboxylic acids is 1. The van der Waals surface area contributed by atoms with Crippen molar-refractivity contribution in [3.63, 3.8) is 0 Å². The molecular weight excluding hydrogens is 254 g/mol. The van der Waals surface area contributed by atoms with E-state index in [-0.39, 0.29) is 23.2 Å². The van der Waals surface area contributed by atoms with E-state index in [1.165, 1.54) is 17.2 Å². The first-order chi connectivity index (χ1) is 8.24. The predicted octanol–water partition coefficient (Wildman–Crippen LogP) is 1.55. The van der Waals surface area contributed by atoms with E-state index in [0.29, 0.717) is 12.2 Å². The molecule has 0 bridgehead atoms. The number of pyridine rings is 1. The van der Waals surface area contributed by atoms with Crippen LogP contribution in [0.15, 0.2) is 12.3 Å². The molecule has 0 aliphatic rings. The zero-order chi connectivity index (χ0) is 13.9. The Morgan fingerprint density at radius 1 is 1.61 bits per heavy atom. The molecule has 0 aliphatic carbocycles. The molecule has 0 fully saturated rings. The summed E-state index contributed by atoms with van der Waals surface area (Å²) in [6, 6.07) is 1.49. The van der Waals surface area contributed by atoms with Gasteiger partial charge in [0.2, 0.25) is 0 Å². The Kier molecular flexibility index (Phi) is 4.53. The van der Waals surface area contributed by atoms with Crippen LogP contribution in [0.4, 0.5) is 5.69 Å². The molecule has 18 heavy (non-hydrogen) atoms. The van der Waals surface area contributed by atoms with E-state index in [9.17, 15) is 9.90 Å². The van der Waals surface area contributed by atoms with Crippen molar-refractivity contribution in [1.29, 1.82) is 0 Å². The topological polar surface area (TPSA) is 79.5 Å². The highest BCUT2D eigenvalue weighted by atomic mass is 35.5. The molecule has 3 N–H and O–H groups in total. The molecule has 6 heteroatoms. The van der Waals surface area contributed by atoms with Crippen molar-refractivity contribution >= 4 is 23.2 Å². The van der Waals surface area contributed by atoms with Gasteiger partial charge in [-0.25, -0.2) is 4.98 Å². The zero-order valence-electron chi connectivity index (χ0n) is 10.8. The standard InChI is InChI=1S/C12H18ClN3O2/c1-4-16(7-12(2,3)18)11(17)9-5-8(14)6-15-10(9)13/h5-6,18H,4,7,14H2,1-3H3. The van der Waals surface area contributed by atoms with Crippen molar-refractivity contribution < 1.29 is 9.90 Å².